The molecule has 2 aromatic rings. The van der Waals surface area contributed by atoms with Crippen LogP contribution in [0.4, 0.5) is 11.4 Å². The van der Waals surface area contributed by atoms with Crippen molar-refractivity contribution in [3.63, 3.8) is 0 Å². The number of ether oxygens (including phenoxy) is 2. The van der Waals surface area contributed by atoms with E-state index in [9.17, 15) is 24.3 Å². The second-order valence-corrected chi connectivity index (χ2v) is 8.66. The van der Waals surface area contributed by atoms with Crippen LogP contribution in [0.5, 0.6) is 11.5 Å². The molecule has 2 saturated heterocycles. The summed E-state index contributed by atoms with van der Waals surface area (Å²) in [4.78, 5) is 53.0. The van der Waals surface area contributed by atoms with Crippen LogP contribution >= 0.6 is 0 Å². The van der Waals surface area contributed by atoms with E-state index in [4.69, 9.17) is 9.47 Å². The predicted molar refractivity (Wildman–Crippen MR) is 109 cm³/mol. The van der Waals surface area contributed by atoms with E-state index in [2.05, 4.69) is 5.32 Å². The van der Waals surface area contributed by atoms with Gasteiger partial charge < -0.3 is 30.0 Å². The van der Waals surface area contributed by atoms with Crippen molar-refractivity contribution in [1.29, 1.82) is 0 Å². The monoisotopic (exact) mass is 449 g/mol. The lowest BCUT2D eigenvalue weighted by Gasteiger charge is -2.26. The number of hydrogen-bond donors (Lipinski definition) is 2. The summed E-state index contributed by atoms with van der Waals surface area (Å²) in [5.41, 5.74) is 0.175. The topological polar surface area (TPSA) is 142 Å². The first kappa shape index (κ1) is 19.7. The molecule has 4 heterocycles. The van der Waals surface area contributed by atoms with Crippen LogP contribution < -0.4 is 30.1 Å². The fraction of sp³-hybridized carbons (Fsp3) is 0.304. The molecule has 0 aliphatic carbocycles. The fourth-order valence-electron chi connectivity index (χ4n) is 5.75. The van der Waals surface area contributed by atoms with Crippen molar-refractivity contribution in [3.8, 4) is 11.5 Å². The molecule has 10 nitrogen and oxygen atoms in total. The number of carboxylic acids is 1. The average Bonchev–Trinajstić information content (AvgIpc) is 3.52. The normalized spacial score (nSPS) is 28.9. The van der Waals surface area contributed by atoms with Gasteiger partial charge in [0.25, 0.3) is 5.91 Å². The number of amides is 3. The summed E-state index contributed by atoms with van der Waals surface area (Å²) in [6.07, 6.45) is -0.191. The summed E-state index contributed by atoms with van der Waals surface area (Å²) in [6, 6.07) is 11.3. The van der Waals surface area contributed by atoms with Crippen LogP contribution in [-0.4, -0.2) is 36.5 Å². The number of carbonyl (C=O) groups is 4. The summed E-state index contributed by atoms with van der Waals surface area (Å²) < 4.78 is 10.7. The molecule has 33 heavy (non-hydrogen) atoms. The standard InChI is InChI=1S/C23H19N3O7/c27-17(28)8-6-14-18-19(23(25-14)12-3-1-2-4-13(12)24-22(23)31)21(30)26(20(18)29)11-5-7-15-16(9-11)33-10-32-15/h1-5,7,9,14,18-19,25H,6,8,10H2,(H,24,31)(H,27,28)/t14-,18+,19-,23-/m0/s1. The number of carbonyl (C=O) groups excluding carboxylic acids is 4. The minimum absolute atomic E-state index is 0.0479. The zero-order chi connectivity index (χ0) is 22.9. The van der Waals surface area contributed by atoms with Gasteiger partial charge in [-0.25, -0.2) is 4.90 Å². The van der Waals surface area contributed by atoms with Gasteiger partial charge in [-0.2, -0.15) is 0 Å². The molecule has 3 amide bonds. The van der Waals surface area contributed by atoms with Crippen LogP contribution in [0.25, 0.3) is 0 Å². The van der Waals surface area contributed by atoms with Crippen molar-refractivity contribution in [1.82, 2.24) is 0 Å². The fourth-order valence-corrected chi connectivity index (χ4v) is 5.75. The van der Waals surface area contributed by atoms with E-state index >= 15 is 0 Å². The maximum atomic E-state index is 13.8. The summed E-state index contributed by atoms with van der Waals surface area (Å²) in [5, 5.41) is 15.7. The van der Waals surface area contributed by atoms with E-state index in [1.54, 1.807) is 47.8 Å². The Morgan fingerprint density at radius 1 is 1.12 bits per heavy atom. The van der Waals surface area contributed by atoms with E-state index in [1.807, 2.05) is 0 Å². The van der Waals surface area contributed by atoms with Gasteiger partial charge in [0.1, 0.15) is 17.9 Å². The number of imide groups is 1. The van der Waals surface area contributed by atoms with Crippen molar-refractivity contribution in [2.24, 2.45) is 11.8 Å². The summed E-state index contributed by atoms with van der Waals surface area (Å²) in [6.45, 7) is 0.0479. The number of benzene rings is 2. The lowest BCUT2D eigenvalue weighted by atomic mass is 9.76. The molecule has 0 radical (unpaired) electrons. The van der Waals surface area contributed by atoms with Crippen molar-refractivity contribution >= 4 is 35.1 Å². The Bertz CT molecular complexity index is 1240. The molecular formula is C23H19N3O7. The molecule has 2 fully saturated rings. The number of quaternary nitrogens is 1. The zero-order valence-corrected chi connectivity index (χ0v) is 17.3. The number of carboxylic acid groups (broad SMARTS) is 1. The second-order valence-electron chi connectivity index (χ2n) is 8.66. The van der Waals surface area contributed by atoms with Gasteiger partial charge in [-0.05, 0) is 24.6 Å². The summed E-state index contributed by atoms with van der Waals surface area (Å²) in [7, 11) is 0. The van der Waals surface area contributed by atoms with Crippen molar-refractivity contribution in [2.45, 2.75) is 24.4 Å². The van der Waals surface area contributed by atoms with E-state index < -0.39 is 41.2 Å². The highest BCUT2D eigenvalue weighted by molar-refractivity contribution is 6.25. The Morgan fingerprint density at radius 2 is 1.91 bits per heavy atom. The van der Waals surface area contributed by atoms with Crippen LogP contribution in [-0.2, 0) is 24.7 Å². The molecule has 0 bridgehead atoms. The van der Waals surface area contributed by atoms with Gasteiger partial charge in [-0.3, -0.25) is 14.4 Å². The number of nitrogens with two attached hydrogens (primary N) is 1. The van der Waals surface area contributed by atoms with Gasteiger partial charge in [0.15, 0.2) is 11.5 Å². The second kappa shape index (κ2) is 6.79. The third-order valence-corrected chi connectivity index (χ3v) is 7.07. The molecule has 0 unspecified atom stereocenters. The first-order valence-electron chi connectivity index (χ1n) is 10.7. The number of hydrogen-bond acceptors (Lipinski definition) is 7. The largest absolute Gasteiger partial charge is 0.550 e. The lowest BCUT2D eigenvalue weighted by molar-refractivity contribution is -0.733. The van der Waals surface area contributed by atoms with Gasteiger partial charge in [0.05, 0.1) is 11.4 Å². The SMILES string of the molecule is O=C([O-])CC[C@@H]1[NH2+][C@]2(C(=O)Nc3ccccc32)[C@@H]2C(=O)N(c3ccc4c(c3)OCO4)C(=O)[C@H]12. The third-order valence-electron chi connectivity index (χ3n) is 7.07. The van der Waals surface area contributed by atoms with Gasteiger partial charge in [0.2, 0.25) is 24.1 Å². The molecule has 2 aromatic carbocycles. The van der Waals surface area contributed by atoms with Crippen molar-refractivity contribution in [3.05, 3.63) is 48.0 Å². The highest BCUT2D eigenvalue weighted by atomic mass is 16.7. The van der Waals surface area contributed by atoms with E-state index in [0.717, 1.165) is 4.90 Å². The Labute approximate surface area is 187 Å². The third kappa shape index (κ3) is 2.58. The molecule has 4 aliphatic heterocycles. The van der Waals surface area contributed by atoms with Crippen molar-refractivity contribution in [2.75, 3.05) is 17.0 Å². The molecule has 3 N–H and O–H groups in total. The van der Waals surface area contributed by atoms with Crippen molar-refractivity contribution < 1.29 is 39.1 Å². The van der Waals surface area contributed by atoms with Gasteiger partial charge in [-0.15, -0.1) is 0 Å². The number of nitrogens with one attached hydrogen (secondary N) is 1. The first-order valence-corrected chi connectivity index (χ1v) is 10.7. The first-order chi connectivity index (χ1) is 15.9. The lowest BCUT2D eigenvalue weighted by Crippen LogP contribution is -2.99. The minimum atomic E-state index is -1.35. The maximum Gasteiger partial charge on any atom is 0.291 e. The Balaban J connectivity index is 1.47. The molecule has 0 aromatic heterocycles. The number of para-hydroxylation sites is 1. The summed E-state index contributed by atoms with van der Waals surface area (Å²) >= 11 is 0. The zero-order valence-electron chi connectivity index (χ0n) is 17.3. The Morgan fingerprint density at radius 3 is 2.73 bits per heavy atom. The molecule has 1 spiro atoms. The smallest absolute Gasteiger partial charge is 0.291 e. The highest BCUT2D eigenvalue weighted by Crippen LogP contribution is 2.50. The average molecular weight is 449 g/mol. The molecule has 0 saturated carbocycles. The summed E-state index contributed by atoms with van der Waals surface area (Å²) in [5.74, 6) is -3.50. The Hall–Kier alpha value is -3.92. The molecule has 4 aliphatic rings. The molecule has 6 rings (SSSR count). The van der Waals surface area contributed by atoms with E-state index in [-0.39, 0.29) is 25.5 Å². The number of anilines is 2. The molecule has 168 valence electrons. The van der Waals surface area contributed by atoms with E-state index in [1.165, 1.54) is 0 Å². The van der Waals surface area contributed by atoms with Crippen LogP contribution in [0, 0.1) is 11.8 Å². The Kier molecular flexibility index (Phi) is 4.06. The van der Waals surface area contributed by atoms with Gasteiger partial charge in [-0.1, -0.05) is 18.2 Å². The predicted octanol–water partition coefficient (Wildman–Crippen LogP) is -1.16. The molecular weight excluding hydrogens is 430 g/mol. The maximum absolute atomic E-state index is 13.8. The van der Waals surface area contributed by atoms with Crippen LogP contribution in [0.2, 0.25) is 0 Å². The van der Waals surface area contributed by atoms with Gasteiger partial charge >= 0.3 is 0 Å². The number of rotatable bonds is 4. The minimum Gasteiger partial charge on any atom is -0.550 e. The quantitative estimate of drug-likeness (QED) is 0.561. The van der Waals surface area contributed by atoms with E-state index in [0.29, 0.717) is 28.4 Å². The van der Waals surface area contributed by atoms with Gasteiger partial charge in [0, 0.05) is 24.0 Å². The molecule has 4 atom stereocenters. The molecule has 10 heteroatoms. The number of fused-ring (bicyclic) bond motifs is 5. The number of aliphatic carboxylic acids is 1. The van der Waals surface area contributed by atoms with Crippen LogP contribution in [0.3, 0.4) is 0 Å². The van der Waals surface area contributed by atoms with Crippen LogP contribution in [0.15, 0.2) is 42.5 Å². The highest BCUT2D eigenvalue weighted by Gasteiger charge is 2.74. The van der Waals surface area contributed by atoms with Crippen LogP contribution in [0.1, 0.15) is 18.4 Å². The number of nitrogens with zero attached hydrogens (tertiary/aromatic N) is 1.